The van der Waals surface area contributed by atoms with Crippen LogP contribution in [0.1, 0.15) is 47.7 Å². The van der Waals surface area contributed by atoms with Crippen LogP contribution in [0.3, 0.4) is 0 Å². The molecule has 0 saturated heterocycles. The fourth-order valence-corrected chi connectivity index (χ4v) is 3.62. The smallest absolute Gasteiger partial charge is 0.338 e. The average molecular weight is 408 g/mol. The number of carbonyl (C=O) groups is 2. The van der Waals surface area contributed by atoms with Crippen molar-refractivity contribution in [3.05, 3.63) is 75.5 Å². The van der Waals surface area contributed by atoms with Gasteiger partial charge in [-0.25, -0.2) is 9.59 Å². The van der Waals surface area contributed by atoms with E-state index >= 15 is 0 Å². The Labute approximate surface area is 177 Å². The SMILES string of the molecule is CCOC(=O)C1=C(C)NC(=O)NC1c1cc(C)cc(COc2ccc(C)cc2)c1C. The van der Waals surface area contributed by atoms with E-state index in [1.165, 1.54) is 5.56 Å². The summed E-state index contributed by atoms with van der Waals surface area (Å²) in [4.78, 5) is 24.8. The van der Waals surface area contributed by atoms with Crippen LogP contribution >= 0.6 is 0 Å². The first kappa shape index (κ1) is 21.4. The number of benzene rings is 2. The molecule has 2 aromatic rings. The summed E-state index contributed by atoms with van der Waals surface area (Å²) in [7, 11) is 0. The Morgan fingerprint density at radius 3 is 2.40 bits per heavy atom. The molecule has 0 fully saturated rings. The second kappa shape index (κ2) is 9.03. The van der Waals surface area contributed by atoms with Crippen LogP contribution in [0.2, 0.25) is 0 Å². The zero-order chi connectivity index (χ0) is 21.8. The number of ether oxygens (including phenoxy) is 2. The summed E-state index contributed by atoms with van der Waals surface area (Å²) in [5.41, 5.74) is 5.93. The van der Waals surface area contributed by atoms with E-state index in [-0.39, 0.29) is 12.6 Å². The number of hydrogen-bond acceptors (Lipinski definition) is 4. The fourth-order valence-electron chi connectivity index (χ4n) is 3.62. The highest BCUT2D eigenvalue weighted by molar-refractivity contribution is 5.95. The van der Waals surface area contributed by atoms with Gasteiger partial charge in [0.05, 0.1) is 18.2 Å². The molecule has 0 radical (unpaired) electrons. The first-order valence-electron chi connectivity index (χ1n) is 10.0. The second-order valence-electron chi connectivity index (χ2n) is 7.53. The largest absolute Gasteiger partial charge is 0.489 e. The van der Waals surface area contributed by atoms with Gasteiger partial charge in [0.15, 0.2) is 0 Å². The molecule has 158 valence electrons. The first-order chi connectivity index (χ1) is 14.3. The number of nitrogens with one attached hydrogen (secondary N) is 2. The van der Waals surface area contributed by atoms with E-state index in [0.29, 0.717) is 17.9 Å². The third kappa shape index (κ3) is 4.64. The summed E-state index contributed by atoms with van der Waals surface area (Å²) in [6.45, 7) is 10.1. The zero-order valence-corrected chi connectivity index (χ0v) is 18.1. The van der Waals surface area contributed by atoms with E-state index < -0.39 is 12.0 Å². The molecule has 0 spiro atoms. The summed E-state index contributed by atoms with van der Waals surface area (Å²) in [5.74, 6) is 0.354. The molecule has 6 heteroatoms. The summed E-state index contributed by atoms with van der Waals surface area (Å²) >= 11 is 0. The Kier molecular flexibility index (Phi) is 6.45. The Bertz CT molecular complexity index is 993. The van der Waals surface area contributed by atoms with Crippen LogP contribution in [0.5, 0.6) is 5.75 Å². The second-order valence-corrected chi connectivity index (χ2v) is 7.53. The van der Waals surface area contributed by atoms with Gasteiger partial charge in [-0.1, -0.05) is 35.4 Å². The van der Waals surface area contributed by atoms with Gasteiger partial charge in [-0.3, -0.25) is 0 Å². The molecule has 1 heterocycles. The van der Waals surface area contributed by atoms with Crippen molar-refractivity contribution in [3.8, 4) is 5.75 Å². The number of carbonyl (C=O) groups excluding carboxylic acids is 2. The topological polar surface area (TPSA) is 76.7 Å². The Morgan fingerprint density at radius 1 is 1.03 bits per heavy atom. The van der Waals surface area contributed by atoms with Crippen molar-refractivity contribution >= 4 is 12.0 Å². The molecular weight excluding hydrogens is 380 g/mol. The minimum absolute atomic E-state index is 0.263. The predicted molar refractivity (Wildman–Crippen MR) is 115 cm³/mol. The quantitative estimate of drug-likeness (QED) is 0.696. The van der Waals surface area contributed by atoms with Gasteiger partial charge in [-0.05, 0) is 63.4 Å². The van der Waals surface area contributed by atoms with Gasteiger partial charge >= 0.3 is 12.0 Å². The van der Waals surface area contributed by atoms with E-state index in [4.69, 9.17) is 9.47 Å². The molecule has 0 aliphatic carbocycles. The highest BCUT2D eigenvalue weighted by Crippen LogP contribution is 2.32. The van der Waals surface area contributed by atoms with Crippen molar-refractivity contribution in [1.29, 1.82) is 0 Å². The molecule has 1 aliphatic heterocycles. The Hall–Kier alpha value is -3.28. The molecule has 1 aliphatic rings. The minimum atomic E-state index is -0.587. The van der Waals surface area contributed by atoms with Gasteiger partial charge < -0.3 is 20.1 Å². The van der Waals surface area contributed by atoms with Crippen LogP contribution in [-0.4, -0.2) is 18.6 Å². The lowest BCUT2D eigenvalue weighted by Gasteiger charge is -2.30. The third-order valence-corrected chi connectivity index (χ3v) is 5.19. The lowest BCUT2D eigenvalue weighted by atomic mass is 9.89. The fraction of sp³-hybridized carbons (Fsp3) is 0.333. The molecule has 0 aromatic heterocycles. The molecule has 0 saturated carbocycles. The highest BCUT2D eigenvalue weighted by atomic mass is 16.5. The lowest BCUT2D eigenvalue weighted by Crippen LogP contribution is -2.45. The van der Waals surface area contributed by atoms with Gasteiger partial charge in [0.25, 0.3) is 0 Å². The summed E-state index contributed by atoms with van der Waals surface area (Å²) < 4.78 is 11.2. The third-order valence-electron chi connectivity index (χ3n) is 5.19. The maximum Gasteiger partial charge on any atom is 0.338 e. The van der Waals surface area contributed by atoms with Gasteiger partial charge in [0.2, 0.25) is 0 Å². The Morgan fingerprint density at radius 2 is 1.73 bits per heavy atom. The van der Waals surface area contributed by atoms with Crippen molar-refractivity contribution in [3.63, 3.8) is 0 Å². The number of amides is 2. The maximum atomic E-state index is 12.6. The maximum absolute atomic E-state index is 12.6. The lowest BCUT2D eigenvalue weighted by molar-refractivity contribution is -0.139. The molecule has 2 amide bonds. The number of rotatable bonds is 6. The van der Waals surface area contributed by atoms with E-state index in [2.05, 4.69) is 16.7 Å². The Balaban J connectivity index is 1.96. The van der Waals surface area contributed by atoms with E-state index in [0.717, 1.165) is 28.0 Å². The van der Waals surface area contributed by atoms with Crippen LogP contribution in [0, 0.1) is 20.8 Å². The average Bonchev–Trinajstić information content (AvgIpc) is 2.69. The predicted octanol–water partition coefficient (Wildman–Crippen LogP) is 4.38. The molecule has 2 aromatic carbocycles. The van der Waals surface area contributed by atoms with Crippen molar-refractivity contribution in [2.24, 2.45) is 0 Å². The number of esters is 1. The van der Waals surface area contributed by atoms with Crippen LogP contribution in [0.4, 0.5) is 4.79 Å². The highest BCUT2D eigenvalue weighted by Gasteiger charge is 2.33. The van der Waals surface area contributed by atoms with Crippen molar-refractivity contribution in [1.82, 2.24) is 10.6 Å². The molecule has 0 bridgehead atoms. The summed E-state index contributed by atoms with van der Waals surface area (Å²) in [5, 5.41) is 5.55. The van der Waals surface area contributed by atoms with E-state index in [1.807, 2.05) is 51.1 Å². The van der Waals surface area contributed by atoms with Crippen molar-refractivity contribution in [2.75, 3.05) is 6.61 Å². The van der Waals surface area contributed by atoms with Crippen molar-refractivity contribution in [2.45, 2.75) is 47.3 Å². The van der Waals surface area contributed by atoms with E-state index in [9.17, 15) is 9.59 Å². The van der Waals surface area contributed by atoms with Gasteiger partial charge in [-0.2, -0.15) is 0 Å². The molecule has 6 nitrogen and oxygen atoms in total. The monoisotopic (exact) mass is 408 g/mol. The molecule has 1 atom stereocenters. The summed E-state index contributed by atoms with van der Waals surface area (Å²) in [6.07, 6.45) is 0. The minimum Gasteiger partial charge on any atom is -0.489 e. The van der Waals surface area contributed by atoms with Crippen LogP contribution < -0.4 is 15.4 Å². The normalized spacial score (nSPS) is 16.0. The van der Waals surface area contributed by atoms with Gasteiger partial charge in [0.1, 0.15) is 12.4 Å². The number of hydrogen-bond donors (Lipinski definition) is 2. The zero-order valence-electron chi connectivity index (χ0n) is 18.1. The molecule has 1 unspecified atom stereocenters. The molecule has 30 heavy (non-hydrogen) atoms. The first-order valence-corrected chi connectivity index (χ1v) is 10.0. The molecular formula is C24H28N2O4. The van der Waals surface area contributed by atoms with E-state index in [1.54, 1.807) is 13.8 Å². The number of urea groups is 1. The molecule has 3 rings (SSSR count). The standard InChI is InChI=1S/C24H28N2O4/c1-6-29-23(27)21-17(5)25-24(28)26-22(21)20-12-15(3)11-18(16(20)4)13-30-19-9-7-14(2)8-10-19/h7-12,22H,6,13H2,1-5H3,(H2,25,26,28). The van der Waals surface area contributed by atoms with Crippen LogP contribution in [0.25, 0.3) is 0 Å². The van der Waals surface area contributed by atoms with Crippen LogP contribution in [-0.2, 0) is 16.1 Å². The van der Waals surface area contributed by atoms with Gasteiger partial charge in [0, 0.05) is 5.70 Å². The van der Waals surface area contributed by atoms with Gasteiger partial charge in [-0.15, -0.1) is 0 Å². The molecule has 2 N–H and O–H groups in total. The van der Waals surface area contributed by atoms with Crippen LogP contribution in [0.15, 0.2) is 47.7 Å². The summed E-state index contributed by atoms with van der Waals surface area (Å²) in [6, 6.07) is 11.0. The van der Waals surface area contributed by atoms with Crippen molar-refractivity contribution < 1.29 is 19.1 Å². The number of aryl methyl sites for hydroxylation is 2. The number of allylic oxidation sites excluding steroid dienone is 1.